The molecule has 3 nitrogen and oxygen atoms in total. The van der Waals surface area contributed by atoms with E-state index < -0.39 is 0 Å². The van der Waals surface area contributed by atoms with Crippen LogP contribution in [0.2, 0.25) is 5.02 Å². The minimum absolute atomic E-state index is 0.127. The van der Waals surface area contributed by atoms with Crippen molar-refractivity contribution in [3.05, 3.63) is 75.1 Å². The van der Waals surface area contributed by atoms with E-state index in [9.17, 15) is 10.1 Å². The first-order chi connectivity index (χ1) is 10.1. The highest BCUT2D eigenvalue weighted by atomic mass is 35.5. The molecule has 0 aliphatic carbocycles. The Morgan fingerprint density at radius 2 is 1.71 bits per heavy atom. The predicted octanol–water partition coefficient (Wildman–Crippen LogP) is 5.64. The number of hydrogen-bond donors (Lipinski definition) is 0. The minimum Gasteiger partial charge on any atom is -0.258 e. The number of rotatable bonds is 3. The van der Waals surface area contributed by atoms with Crippen molar-refractivity contribution in [2.75, 3.05) is 0 Å². The number of thiophene rings is 1. The van der Waals surface area contributed by atoms with Gasteiger partial charge in [0.15, 0.2) is 0 Å². The van der Waals surface area contributed by atoms with Gasteiger partial charge in [0.1, 0.15) is 0 Å². The average Bonchev–Trinajstić information content (AvgIpc) is 2.97. The minimum atomic E-state index is -0.350. The quantitative estimate of drug-likeness (QED) is 0.463. The molecule has 1 aromatic heterocycles. The molecule has 2 aromatic carbocycles. The molecule has 0 unspecified atom stereocenters. The van der Waals surface area contributed by atoms with E-state index in [2.05, 4.69) is 0 Å². The third-order valence-corrected chi connectivity index (χ3v) is 4.36. The van der Waals surface area contributed by atoms with Gasteiger partial charge < -0.3 is 0 Å². The Bertz CT molecular complexity index is 796. The fourth-order valence-electron chi connectivity index (χ4n) is 2.11. The molecule has 0 atom stereocenters. The molecule has 0 bridgehead atoms. The van der Waals surface area contributed by atoms with Crippen molar-refractivity contribution in [3.8, 4) is 21.6 Å². The van der Waals surface area contributed by atoms with Gasteiger partial charge in [-0.25, -0.2) is 0 Å². The molecule has 0 amide bonds. The van der Waals surface area contributed by atoms with Crippen molar-refractivity contribution in [1.29, 1.82) is 0 Å². The molecule has 0 fully saturated rings. The zero-order valence-electron chi connectivity index (χ0n) is 10.8. The number of benzene rings is 2. The standard InChI is InChI=1S/C16H10ClNO2S/c17-13-7-5-11(6-8-13)12-9-16(21-10-12)14-3-1-2-4-15(14)18(19)20/h1-10H. The van der Waals surface area contributed by atoms with Crippen LogP contribution in [0.1, 0.15) is 0 Å². The van der Waals surface area contributed by atoms with Crippen LogP contribution in [0.5, 0.6) is 0 Å². The lowest BCUT2D eigenvalue weighted by Gasteiger charge is -1.99. The molecule has 0 N–H and O–H groups in total. The van der Waals surface area contributed by atoms with Crippen LogP contribution in [-0.2, 0) is 0 Å². The SMILES string of the molecule is O=[N+]([O-])c1ccccc1-c1cc(-c2ccc(Cl)cc2)cs1. The first-order valence-electron chi connectivity index (χ1n) is 6.23. The molecular formula is C16H10ClNO2S. The predicted molar refractivity (Wildman–Crippen MR) is 86.9 cm³/mol. The molecule has 0 aliphatic rings. The van der Waals surface area contributed by atoms with E-state index >= 15 is 0 Å². The first kappa shape index (κ1) is 13.8. The molecule has 0 radical (unpaired) electrons. The number of hydrogen-bond acceptors (Lipinski definition) is 3. The molecule has 0 spiro atoms. The van der Waals surface area contributed by atoms with Crippen LogP contribution in [0, 0.1) is 10.1 Å². The monoisotopic (exact) mass is 315 g/mol. The number of nitrogens with zero attached hydrogens (tertiary/aromatic N) is 1. The largest absolute Gasteiger partial charge is 0.278 e. The summed E-state index contributed by atoms with van der Waals surface area (Å²) in [7, 11) is 0. The maximum Gasteiger partial charge on any atom is 0.278 e. The molecule has 3 rings (SSSR count). The molecular weight excluding hydrogens is 306 g/mol. The Labute approximate surface area is 130 Å². The Morgan fingerprint density at radius 1 is 1.00 bits per heavy atom. The Hall–Kier alpha value is -2.17. The van der Waals surface area contributed by atoms with Crippen molar-refractivity contribution in [3.63, 3.8) is 0 Å². The molecule has 21 heavy (non-hydrogen) atoms. The van der Waals surface area contributed by atoms with E-state index in [4.69, 9.17) is 11.6 Å². The maximum absolute atomic E-state index is 11.1. The summed E-state index contributed by atoms with van der Waals surface area (Å²) < 4.78 is 0. The van der Waals surface area contributed by atoms with Gasteiger partial charge in [0, 0.05) is 16.0 Å². The van der Waals surface area contributed by atoms with E-state index in [1.54, 1.807) is 12.1 Å². The smallest absolute Gasteiger partial charge is 0.258 e. The van der Waals surface area contributed by atoms with E-state index in [0.29, 0.717) is 10.6 Å². The van der Waals surface area contributed by atoms with Gasteiger partial charge in [-0.3, -0.25) is 10.1 Å². The molecule has 0 saturated carbocycles. The van der Waals surface area contributed by atoms with Gasteiger partial charge in [-0.1, -0.05) is 35.9 Å². The summed E-state index contributed by atoms with van der Waals surface area (Å²) >= 11 is 7.38. The second-order valence-corrected chi connectivity index (χ2v) is 5.83. The Morgan fingerprint density at radius 3 is 2.43 bits per heavy atom. The lowest BCUT2D eigenvalue weighted by molar-refractivity contribution is -0.384. The normalized spacial score (nSPS) is 10.5. The summed E-state index contributed by atoms with van der Waals surface area (Å²) in [5, 5.41) is 13.8. The van der Waals surface area contributed by atoms with Crippen LogP contribution in [0.25, 0.3) is 21.6 Å². The summed E-state index contributed by atoms with van der Waals surface area (Å²) in [6, 6.07) is 16.3. The highest BCUT2D eigenvalue weighted by Crippen LogP contribution is 2.37. The Kier molecular flexibility index (Phi) is 3.73. The van der Waals surface area contributed by atoms with Gasteiger partial charge in [0.2, 0.25) is 0 Å². The second-order valence-electron chi connectivity index (χ2n) is 4.48. The van der Waals surface area contributed by atoms with Crippen molar-refractivity contribution >= 4 is 28.6 Å². The Balaban J connectivity index is 2.03. The number of nitro groups is 1. The van der Waals surface area contributed by atoms with E-state index in [1.807, 2.05) is 41.8 Å². The highest BCUT2D eigenvalue weighted by molar-refractivity contribution is 7.14. The van der Waals surface area contributed by atoms with E-state index in [1.165, 1.54) is 17.4 Å². The highest BCUT2D eigenvalue weighted by Gasteiger charge is 2.15. The average molecular weight is 316 g/mol. The zero-order valence-corrected chi connectivity index (χ0v) is 12.4. The zero-order chi connectivity index (χ0) is 14.8. The van der Waals surface area contributed by atoms with Crippen LogP contribution in [0.4, 0.5) is 5.69 Å². The van der Waals surface area contributed by atoms with Gasteiger partial charge in [-0.15, -0.1) is 11.3 Å². The van der Waals surface area contributed by atoms with Gasteiger partial charge in [0.05, 0.1) is 10.5 Å². The summed E-state index contributed by atoms with van der Waals surface area (Å²) in [6.45, 7) is 0. The van der Waals surface area contributed by atoms with Crippen molar-refractivity contribution in [2.45, 2.75) is 0 Å². The maximum atomic E-state index is 11.1. The number of para-hydroxylation sites is 1. The third-order valence-electron chi connectivity index (χ3n) is 3.14. The van der Waals surface area contributed by atoms with Crippen LogP contribution in [0.3, 0.4) is 0 Å². The van der Waals surface area contributed by atoms with Crippen LogP contribution in [-0.4, -0.2) is 4.92 Å². The fourth-order valence-corrected chi connectivity index (χ4v) is 3.19. The lowest BCUT2D eigenvalue weighted by atomic mass is 10.1. The van der Waals surface area contributed by atoms with Crippen molar-refractivity contribution in [1.82, 2.24) is 0 Å². The van der Waals surface area contributed by atoms with E-state index in [-0.39, 0.29) is 10.6 Å². The fraction of sp³-hybridized carbons (Fsp3) is 0. The van der Waals surface area contributed by atoms with Gasteiger partial charge in [0.25, 0.3) is 5.69 Å². The van der Waals surface area contributed by atoms with Gasteiger partial charge in [-0.2, -0.15) is 0 Å². The molecule has 5 heteroatoms. The summed E-state index contributed by atoms with van der Waals surface area (Å²) in [5.74, 6) is 0. The van der Waals surface area contributed by atoms with Gasteiger partial charge >= 0.3 is 0 Å². The molecule has 0 saturated heterocycles. The summed E-state index contributed by atoms with van der Waals surface area (Å²) in [6.07, 6.45) is 0. The summed E-state index contributed by atoms with van der Waals surface area (Å²) in [4.78, 5) is 11.6. The molecule has 0 aliphatic heterocycles. The van der Waals surface area contributed by atoms with Crippen LogP contribution < -0.4 is 0 Å². The topological polar surface area (TPSA) is 43.1 Å². The van der Waals surface area contributed by atoms with Crippen LogP contribution in [0.15, 0.2) is 60.0 Å². The number of halogens is 1. The van der Waals surface area contributed by atoms with E-state index in [0.717, 1.165) is 16.0 Å². The second kappa shape index (κ2) is 5.68. The number of nitro benzene ring substituents is 1. The third kappa shape index (κ3) is 2.82. The van der Waals surface area contributed by atoms with Gasteiger partial charge in [-0.05, 0) is 40.8 Å². The lowest BCUT2D eigenvalue weighted by Crippen LogP contribution is -1.89. The first-order valence-corrected chi connectivity index (χ1v) is 7.49. The van der Waals surface area contributed by atoms with Crippen molar-refractivity contribution < 1.29 is 4.92 Å². The molecule has 1 heterocycles. The van der Waals surface area contributed by atoms with Crippen LogP contribution >= 0.6 is 22.9 Å². The van der Waals surface area contributed by atoms with Crippen molar-refractivity contribution in [2.24, 2.45) is 0 Å². The molecule has 3 aromatic rings. The summed E-state index contributed by atoms with van der Waals surface area (Å²) in [5.41, 5.74) is 2.85. The molecule has 104 valence electrons.